The number of hydrogen-bond acceptors (Lipinski definition) is 2. The minimum absolute atomic E-state index is 0.0347. The van der Waals surface area contributed by atoms with Gasteiger partial charge >= 0.3 is 0 Å². The van der Waals surface area contributed by atoms with Gasteiger partial charge in [-0.3, -0.25) is 4.79 Å². The van der Waals surface area contributed by atoms with E-state index in [-0.39, 0.29) is 5.76 Å². The number of amides is 1. The van der Waals surface area contributed by atoms with Crippen molar-refractivity contribution in [2.24, 2.45) is 5.73 Å². The molecule has 92 valence electrons. The molecule has 0 spiro atoms. The van der Waals surface area contributed by atoms with Gasteiger partial charge in [-0.05, 0) is 36.8 Å². The molecule has 1 fully saturated rings. The molecule has 18 heavy (non-hydrogen) atoms. The maximum atomic E-state index is 11.6. The first-order valence-electron chi connectivity index (χ1n) is 6.25. The van der Waals surface area contributed by atoms with Crippen LogP contribution in [0.25, 0.3) is 11.3 Å². The number of allylic oxidation sites excluding steroid dienone is 1. The van der Waals surface area contributed by atoms with E-state index in [0.29, 0.717) is 5.57 Å². The second-order valence-electron chi connectivity index (χ2n) is 4.82. The molecule has 0 aromatic heterocycles. The number of rotatable bonds is 1. The van der Waals surface area contributed by atoms with E-state index in [1.807, 2.05) is 24.3 Å². The van der Waals surface area contributed by atoms with Gasteiger partial charge in [0.05, 0.1) is 5.57 Å². The molecule has 1 aromatic rings. The fraction of sp³-hybridized carbons (Fsp3) is 0.267. The number of fused-ring (bicyclic) bond motifs is 1. The lowest BCUT2D eigenvalue weighted by Crippen LogP contribution is -2.15. The van der Waals surface area contributed by atoms with Gasteiger partial charge in [0.1, 0.15) is 5.76 Å². The molecule has 2 aliphatic carbocycles. The number of nitrogens with two attached hydrogens (primary N) is 1. The predicted octanol–water partition coefficient (Wildman–Crippen LogP) is 2.78. The lowest BCUT2D eigenvalue weighted by molar-refractivity contribution is -0.114. The highest BCUT2D eigenvalue weighted by Crippen LogP contribution is 2.44. The maximum absolute atomic E-state index is 11.6. The highest BCUT2D eigenvalue weighted by Gasteiger charge is 2.32. The van der Waals surface area contributed by atoms with Gasteiger partial charge in [0.25, 0.3) is 5.91 Å². The highest BCUT2D eigenvalue weighted by atomic mass is 16.3. The third kappa shape index (κ3) is 1.47. The Hall–Kier alpha value is -2.03. The van der Waals surface area contributed by atoms with E-state index in [4.69, 9.17) is 5.73 Å². The quantitative estimate of drug-likeness (QED) is 0.794. The van der Waals surface area contributed by atoms with E-state index in [2.05, 4.69) is 0 Å². The number of primary amides is 1. The molecule has 3 N–H and O–H groups in total. The Morgan fingerprint density at radius 1 is 1.11 bits per heavy atom. The number of hydrogen-bond donors (Lipinski definition) is 2. The van der Waals surface area contributed by atoms with Gasteiger partial charge in [0, 0.05) is 5.56 Å². The van der Waals surface area contributed by atoms with E-state index < -0.39 is 5.91 Å². The zero-order chi connectivity index (χ0) is 12.7. The fourth-order valence-corrected chi connectivity index (χ4v) is 2.95. The number of aliphatic hydroxyl groups is 1. The van der Waals surface area contributed by atoms with Crippen LogP contribution in [0, 0.1) is 0 Å². The maximum Gasteiger partial charge on any atom is 0.253 e. The van der Waals surface area contributed by atoms with Crippen LogP contribution in [-0.2, 0) is 4.79 Å². The molecule has 0 saturated heterocycles. The van der Waals surface area contributed by atoms with E-state index >= 15 is 0 Å². The lowest BCUT2D eigenvalue weighted by atomic mass is 9.95. The first kappa shape index (κ1) is 11.1. The molecule has 1 saturated carbocycles. The van der Waals surface area contributed by atoms with Crippen LogP contribution < -0.4 is 5.73 Å². The summed E-state index contributed by atoms with van der Waals surface area (Å²) in [5.74, 6) is -0.509. The van der Waals surface area contributed by atoms with E-state index in [1.165, 1.54) is 5.57 Å². The summed E-state index contributed by atoms with van der Waals surface area (Å²) >= 11 is 0. The third-order valence-corrected chi connectivity index (χ3v) is 3.75. The van der Waals surface area contributed by atoms with Gasteiger partial charge in [-0.2, -0.15) is 0 Å². The summed E-state index contributed by atoms with van der Waals surface area (Å²) in [6, 6.07) is 7.56. The molecule has 0 atom stereocenters. The number of carbonyl (C=O) groups is 1. The molecular weight excluding hydrogens is 226 g/mol. The SMILES string of the molecule is NC(=O)C1=C(O)c2ccccc2C1=C1CCCC1. The highest BCUT2D eigenvalue weighted by molar-refractivity contribution is 6.18. The standard InChI is InChI=1S/C15H15NO2/c16-15(18)13-12(9-5-1-2-6-9)10-7-3-4-8-11(10)14(13)17/h3-4,7-8,17H,1-2,5-6H2,(H2,16,18). The average Bonchev–Trinajstić information content (AvgIpc) is 2.96. The van der Waals surface area contributed by atoms with Gasteiger partial charge in [-0.25, -0.2) is 0 Å². The van der Waals surface area contributed by atoms with Gasteiger partial charge in [-0.1, -0.05) is 29.8 Å². The third-order valence-electron chi connectivity index (χ3n) is 3.75. The number of aliphatic hydroxyl groups excluding tert-OH is 1. The van der Waals surface area contributed by atoms with Gasteiger partial charge in [0.15, 0.2) is 0 Å². The zero-order valence-electron chi connectivity index (χ0n) is 10.1. The van der Waals surface area contributed by atoms with Crippen LogP contribution in [0.1, 0.15) is 36.8 Å². The van der Waals surface area contributed by atoms with E-state index in [9.17, 15) is 9.90 Å². The van der Waals surface area contributed by atoms with Crippen molar-refractivity contribution in [3.63, 3.8) is 0 Å². The molecule has 1 aromatic carbocycles. The first-order chi connectivity index (χ1) is 8.70. The van der Waals surface area contributed by atoms with Crippen LogP contribution >= 0.6 is 0 Å². The van der Waals surface area contributed by atoms with Crippen molar-refractivity contribution in [3.05, 3.63) is 46.5 Å². The Balaban J connectivity index is 2.29. The number of benzene rings is 1. The Kier molecular flexibility index (Phi) is 2.47. The van der Waals surface area contributed by atoms with E-state index in [1.54, 1.807) is 0 Å². The molecule has 0 aliphatic heterocycles. The topological polar surface area (TPSA) is 63.3 Å². The van der Waals surface area contributed by atoms with Crippen molar-refractivity contribution in [1.29, 1.82) is 0 Å². The molecule has 0 radical (unpaired) electrons. The van der Waals surface area contributed by atoms with Crippen LogP contribution in [0.4, 0.5) is 0 Å². The summed E-state index contributed by atoms with van der Waals surface area (Å²) in [5.41, 5.74) is 9.53. The van der Waals surface area contributed by atoms with Crippen molar-refractivity contribution >= 4 is 17.2 Å². The Morgan fingerprint density at radius 3 is 2.33 bits per heavy atom. The molecule has 3 rings (SSSR count). The fourth-order valence-electron chi connectivity index (χ4n) is 2.95. The van der Waals surface area contributed by atoms with Gasteiger partial charge < -0.3 is 10.8 Å². The predicted molar refractivity (Wildman–Crippen MR) is 70.6 cm³/mol. The van der Waals surface area contributed by atoms with Crippen LogP contribution in [0.15, 0.2) is 35.4 Å². The molecule has 3 heteroatoms. The first-order valence-corrected chi connectivity index (χ1v) is 6.25. The molecule has 0 heterocycles. The van der Waals surface area contributed by atoms with Crippen molar-refractivity contribution in [2.75, 3.05) is 0 Å². The average molecular weight is 241 g/mol. The molecule has 1 amide bonds. The van der Waals surface area contributed by atoms with Crippen LogP contribution in [0.2, 0.25) is 0 Å². The summed E-state index contributed by atoms with van der Waals surface area (Å²) < 4.78 is 0. The Bertz CT molecular complexity index is 588. The molecule has 3 nitrogen and oxygen atoms in total. The largest absolute Gasteiger partial charge is 0.506 e. The Labute approximate surface area is 106 Å². The number of carbonyl (C=O) groups excluding carboxylic acids is 1. The van der Waals surface area contributed by atoms with Crippen molar-refractivity contribution in [1.82, 2.24) is 0 Å². The van der Waals surface area contributed by atoms with Gasteiger partial charge in [-0.15, -0.1) is 0 Å². The summed E-state index contributed by atoms with van der Waals surface area (Å²) in [6.45, 7) is 0. The zero-order valence-corrected chi connectivity index (χ0v) is 10.1. The van der Waals surface area contributed by atoms with Crippen molar-refractivity contribution in [3.8, 4) is 0 Å². The van der Waals surface area contributed by atoms with Gasteiger partial charge in [0.2, 0.25) is 0 Å². The summed E-state index contributed by atoms with van der Waals surface area (Å²) in [4.78, 5) is 11.6. The molecule has 0 bridgehead atoms. The summed E-state index contributed by atoms with van der Waals surface area (Å²) in [5, 5.41) is 10.2. The normalized spacial score (nSPS) is 18.4. The lowest BCUT2D eigenvalue weighted by Gasteiger charge is -2.08. The minimum atomic E-state index is -0.543. The van der Waals surface area contributed by atoms with Crippen LogP contribution in [0.5, 0.6) is 0 Å². The molecule has 2 aliphatic rings. The van der Waals surface area contributed by atoms with Crippen molar-refractivity contribution in [2.45, 2.75) is 25.7 Å². The van der Waals surface area contributed by atoms with Crippen LogP contribution in [-0.4, -0.2) is 11.0 Å². The van der Waals surface area contributed by atoms with E-state index in [0.717, 1.165) is 42.4 Å². The monoisotopic (exact) mass is 241 g/mol. The summed E-state index contributed by atoms with van der Waals surface area (Å²) in [6.07, 6.45) is 4.28. The second-order valence-corrected chi connectivity index (χ2v) is 4.82. The minimum Gasteiger partial charge on any atom is -0.506 e. The van der Waals surface area contributed by atoms with Crippen molar-refractivity contribution < 1.29 is 9.90 Å². The summed E-state index contributed by atoms with van der Waals surface area (Å²) in [7, 11) is 0. The smallest absolute Gasteiger partial charge is 0.253 e. The second kappa shape index (κ2) is 4.02. The Morgan fingerprint density at radius 2 is 1.72 bits per heavy atom. The molecule has 0 unspecified atom stereocenters. The molecular formula is C15H15NO2. The van der Waals surface area contributed by atoms with Crippen LogP contribution in [0.3, 0.4) is 0 Å².